The van der Waals surface area contributed by atoms with Gasteiger partial charge in [0.2, 0.25) is 0 Å². The Balaban J connectivity index is 2.59. The Labute approximate surface area is 79.2 Å². The highest BCUT2D eigenvalue weighted by Crippen LogP contribution is 2.21. The lowest BCUT2D eigenvalue weighted by Gasteiger charge is -2.09. The second-order valence-electron chi connectivity index (χ2n) is 2.61. The molecule has 2 N–H and O–H groups in total. The van der Waals surface area contributed by atoms with E-state index >= 15 is 0 Å². The molecular formula is C7H11IO3. The molecule has 0 saturated carbocycles. The summed E-state index contributed by atoms with van der Waals surface area (Å²) in [5.74, 6) is 0. The van der Waals surface area contributed by atoms with Crippen LogP contribution in [0, 0.1) is 0 Å². The number of aliphatic hydroxyl groups is 2. The maximum atomic E-state index is 9.33. The first-order valence-electron chi connectivity index (χ1n) is 3.45. The molecule has 1 heterocycles. The van der Waals surface area contributed by atoms with E-state index in [1.54, 1.807) is 17.1 Å². The molecular weight excluding hydrogens is 259 g/mol. The van der Waals surface area contributed by atoms with Gasteiger partial charge >= 0.3 is 0 Å². The summed E-state index contributed by atoms with van der Waals surface area (Å²) in [5, 5.41) is 18.6. The molecule has 1 saturated heterocycles. The second-order valence-corrected chi connectivity index (χ2v) is 3.32. The van der Waals surface area contributed by atoms with E-state index in [2.05, 4.69) is 0 Å². The van der Waals surface area contributed by atoms with E-state index in [4.69, 9.17) is 4.74 Å². The number of ether oxygens (including phenoxy) is 1. The Morgan fingerprint density at radius 2 is 2.00 bits per heavy atom. The lowest BCUT2D eigenvalue weighted by atomic mass is 10.1. The van der Waals surface area contributed by atoms with Gasteiger partial charge in [-0.1, -0.05) is 22.6 Å². The average Bonchev–Trinajstić information content (AvgIpc) is 2.19. The number of aliphatic hydroxyl groups excluding tert-OH is 2. The zero-order valence-corrected chi connectivity index (χ0v) is 8.30. The van der Waals surface area contributed by atoms with Gasteiger partial charge in [0.15, 0.2) is 0 Å². The van der Waals surface area contributed by atoms with Crippen molar-refractivity contribution in [3.05, 3.63) is 10.2 Å². The summed E-state index contributed by atoms with van der Waals surface area (Å²) in [6.07, 6.45) is -0.430. The largest absolute Gasteiger partial charge is 0.388 e. The van der Waals surface area contributed by atoms with Crippen molar-refractivity contribution >= 4 is 22.6 Å². The standard InChI is InChI=1S/C7H11IO3/c1-4-6(9)7(10)5(11-4)2-3-8/h2-7,9-10H,1H3/t4-,5+,6?,7-/m0/s1. The maximum Gasteiger partial charge on any atom is 0.112 e. The summed E-state index contributed by atoms with van der Waals surface area (Å²) in [7, 11) is 0. The van der Waals surface area contributed by atoms with Crippen LogP contribution in [0.15, 0.2) is 10.2 Å². The first-order chi connectivity index (χ1) is 5.16. The molecule has 1 aliphatic heterocycles. The highest BCUT2D eigenvalue weighted by atomic mass is 127. The minimum absolute atomic E-state index is 0.275. The summed E-state index contributed by atoms with van der Waals surface area (Å²) in [4.78, 5) is 0. The van der Waals surface area contributed by atoms with Crippen LogP contribution in [0.5, 0.6) is 0 Å². The van der Waals surface area contributed by atoms with Gasteiger partial charge in [-0.2, -0.15) is 0 Å². The molecule has 4 atom stereocenters. The molecule has 0 aromatic carbocycles. The van der Waals surface area contributed by atoms with Gasteiger partial charge in [-0.3, -0.25) is 0 Å². The molecule has 0 spiro atoms. The maximum absolute atomic E-state index is 9.33. The van der Waals surface area contributed by atoms with Crippen LogP contribution < -0.4 is 0 Å². The summed E-state index contributed by atoms with van der Waals surface area (Å²) in [6.45, 7) is 1.74. The van der Waals surface area contributed by atoms with Gasteiger partial charge in [-0.25, -0.2) is 0 Å². The Morgan fingerprint density at radius 1 is 1.36 bits per heavy atom. The molecule has 1 rings (SSSR count). The van der Waals surface area contributed by atoms with Crippen molar-refractivity contribution in [1.82, 2.24) is 0 Å². The Kier molecular flexibility index (Phi) is 3.29. The molecule has 11 heavy (non-hydrogen) atoms. The lowest BCUT2D eigenvalue weighted by molar-refractivity contribution is 0.0316. The third-order valence-electron chi connectivity index (χ3n) is 1.80. The Morgan fingerprint density at radius 3 is 2.36 bits per heavy atom. The summed E-state index contributed by atoms with van der Waals surface area (Å²) >= 11 is 2.05. The molecule has 0 aromatic rings. The topological polar surface area (TPSA) is 49.7 Å². The van der Waals surface area contributed by atoms with Crippen molar-refractivity contribution in [2.24, 2.45) is 0 Å². The molecule has 1 fully saturated rings. The third kappa shape index (κ3) is 1.93. The van der Waals surface area contributed by atoms with E-state index in [0.717, 1.165) is 0 Å². The minimum Gasteiger partial charge on any atom is -0.388 e. The van der Waals surface area contributed by atoms with Crippen LogP contribution in [0.1, 0.15) is 6.92 Å². The summed E-state index contributed by atoms with van der Waals surface area (Å²) in [6, 6.07) is 0. The van der Waals surface area contributed by atoms with Crippen LogP contribution in [0.25, 0.3) is 0 Å². The van der Waals surface area contributed by atoms with Crippen LogP contribution in [0.3, 0.4) is 0 Å². The SMILES string of the molecule is C[C@@H]1O[C@H](C=CI)[C@H](O)C1O. The molecule has 64 valence electrons. The molecule has 3 nitrogen and oxygen atoms in total. The van der Waals surface area contributed by atoms with Crippen LogP contribution in [0.4, 0.5) is 0 Å². The molecule has 0 amide bonds. The van der Waals surface area contributed by atoms with Crippen molar-refractivity contribution in [1.29, 1.82) is 0 Å². The minimum atomic E-state index is -0.781. The van der Waals surface area contributed by atoms with E-state index in [-0.39, 0.29) is 12.2 Å². The molecule has 4 heteroatoms. The van der Waals surface area contributed by atoms with Crippen molar-refractivity contribution in [2.75, 3.05) is 0 Å². The molecule has 1 unspecified atom stereocenters. The van der Waals surface area contributed by atoms with Crippen molar-refractivity contribution in [3.8, 4) is 0 Å². The average molecular weight is 270 g/mol. The third-order valence-corrected chi connectivity index (χ3v) is 2.22. The summed E-state index contributed by atoms with van der Waals surface area (Å²) in [5.41, 5.74) is 0. The highest BCUT2D eigenvalue weighted by molar-refractivity contribution is 14.1. The van der Waals surface area contributed by atoms with Crippen molar-refractivity contribution < 1.29 is 14.9 Å². The van der Waals surface area contributed by atoms with Crippen LogP contribution in [-0.2, 0) is 4.74 Å². The van der Waals surface area contributed by atoms with Gasteiger partial charge in [0.1, 0.15) is 18.3 Å². The van der Waals surface area contributed by atoms with E-state index in [0.29, 0.717) is 0 Å². The van der Waals surface area contributed by atoms with Gasteiger partial charge in [0, 0.05) is 0 Å². The molecule has 1 aliphatic rings. The van der Waals surface area contributed by atoms with E-state index < -0.39 is 12.2 Å². The van der Waals surface area contributed by atoms with Gasteiger partial charge in [-0.15, -0.1) is 0 Å². The number of hydrogen-bond donors (Lipinski definition) is 2. The number of hydrogen-bond acceptors (Lipinski definition) is 3. The normalized spacial score (nSPS) is 45.5. The van der Waals surface area contributed by atoms with Gasteiger partial charge in [0.05, 0.1) is 6.10 Å². The van der Waals surface area contributed by atoms with Crippen molar-refractivity contribution in [2.45, 2.75) is 31.3 Å². The van der Waals surface area contributed by atoms with E-state index in [1.807, 2.05) is 22.6 Å². The predicted molar refractivity (Wildman–Crippen MR) is 49.5 cm³/mol. The van der Waals surface area contributed by atoms with Gasteiger partial charge < -0.3 is 14.9 Å². The first-order valence-corrected chi connectivity index (χ1v) is 4.70. The monoisotopic (exact) mass is 270 g/mol. The smallest absolute Gasteiger partial charge is 0.112 e. The number of rotatable bonds is 1. The lowest BCUT2D eigenvalue weighted by Crippen LogP contribution is -2.30. The van der Waals surface area contributed by atoms with Gasteiger partial charge in [0.25, 0.3) is 0 Å². The predicted octanol–water partition coefficient (Wildman–Crippen LogP) is 0.444. The van der Waals surface area contributed by atoms with E-state index in [1.165, 1.54) is 0 Å². The van der Waals surface area contributed by atoms with Gasteiger partial charge in [-0.05, 0) is 17.1 Å². The fourth-order valence-corrected chi connectivity index (χ4v) is 1.52. The Hall–Kier alpha value is 0.350. The molecule has 0 bridgehead atoms. The number of halogens is 1. The zero-order valence-electron chi connectivity index (χ0n) is 6.14. The second kappa shape index (κ2) is 3.84. The Bertz CT molecular complexity index is 160. The zero-order chi connectivity index (χ0) is 8.43. The molecule has 0 aromatic heterocycles. The van der Waals surface area contributed by atoms with E-state index in [9.17, 15) is 10.2 Å². The molecule has 0 aliphatic carbocycles. The summed E-state index contributed by atoms with van der Waals surface area (Å²) < 4.78 is 7.01. The fourth-order valence-electron chi connectivity index (χ4n) is 1.11. The molecule has 0 radical (unpaired) electrons. The highest BCUT2D eigenvalue weighted by Gasteiger charge is 2.38. The first kappa shape index (κ1) is 9.44. The van der Waals surface area contributed by atoms with Crippen molar-refractivity contribution in [3.63, 3.8) is 0 Å². The van der Waals surface area contributed by atoms with Crippen LogP contribution >= 0.6 is 22.6 Å². The van der Waals surface area contributed by atoms with Crippen LogP contribution in [-0.4, -0.2) is 34.6 Å². The van der Waals surface area contributed by atoms with Crippen LogP contribution in [0.2, 0.25) is 0 Å². The quantitative estimate of drug-likeness (QED) is 0.680. The fraction of sp³-hybridized carbons (Fsp3) is 0.714.